The molecule has 0 aromatic carbocycles. The Morgan fingerprint density at radius 1 is 1.75 bits per heavy atom. The number of aliphatic hydroxyl groups excluding tert-OH is 1. The molecule has 0 spiro atoms. The number of aliphatic hydroxyl groups is 1. The third kappa shape index (κ3) is 1.67. The SMILES string of the molecule is CCC(C)C(O)C1=CCOC1=O. The van der Waals surface area contributed by atoms with Gasteiger partial charge in [-0.05, 0) is 12.0 Å². The fourth-order valence-corrected chi connectivity index (χ4v) is 1.15. The Kier molecular flexibility index (Phi) is 2.87. The highest BCUT2D eigenvalue weighted by Crippen LogP contribution is 2.19. The second kappa shape index (κ2) is 3.72. The van der Waals surface area contributed by atoms with Crippen LogP contribution in [0.15, 0.2) is 11.6 Å². The molecule has 2 unspecified atom stereocenters. The Bertz CT molecular complexity index is 208. The molecule has 1 aliphatic rings. The van der Waals surface area contributed by atoms with E-state index < -0.39 is 6.10 Å². The molecule has 0 aliphatic carbocycles. The fourth-order valence-electron chi connectivity index (χ4n) is 1.15. The number of hydrogen-bond donors (Lipinski definition) is 1. The monoisotopic (exact) mass is 170 g/mol. The van der Waals surface area contributed by atoms with Gasteiger partial charge in [-0.1, -0.05) is 20.3 Å². The molecule has 3 nitrogen and oxygen atoms in total. The number of esters is 1. The minimum absolute atomic E-state index is 0.113. The van der Waals surface area contributed by atoms with Crippen LogP contribution in [0.4, 0.5) is 0 Å². The molecule has 0 saturated heterocycles. The summed E-state index contributed by atoms with van der Waals surface area (Å²) in [4.78, 5) is 11.0. The third-order valence-electron chi connectivity index (χ3n) is 2.25. The first-order valence-electron chi connectivity index (χ1n) is 4.22. The van der Waals surface area contributed by atoms with Crippen LogP contribution in [0.25, 0.3) is 0 Å². The normalized spacial score (nSPS) is 21.6. The molecule has 0 saturated carbocycles. The molecule has 68 valence electrons. The lowest BCUT2D eigenvalue weighted by atomic mass is 9.95. The van der Waals surface area contributed by atoms with Gasteiger partial charge in [-0.15, -0.1) is 0 Å². The zero-order chi connectivity index (χ0) is 9.14. The second-order valence-corrected chi connectivity index (χ2v) is 3.09. The van der Waals surface area contributed by atoms with Crippen molar-refractivity contribution in [1.29, 1.82) is 0 Å². The van der Waals surface area contributed by atoms with Gasteiger partial charge in [0.2, 0.25) is 0 Å². The van der Waals surface area contributed by atoms with Gasteiger partial charge in [-0.25, -0.2) is 4.79 Å². The van der Waals surface area contributed by atoms with Crippen LogP contribution < -0.4 is 0 Å². The van der Waals surface area contributed by atoms with Gasteiger partial charge < -0.3 is 9.84 Å². The van der Waals surface area contributed by atoms with Crippen molar-refractivity contribution in [2.45, 2.75) is 26.4 Å². The van der Waals surface area contributed by atoms with Gasteiger partial charge >= 0.3 is 5.97 Å². The van der Waals surface area contributed by atoms with Gasteiger partial charge in [0.05, 0.1) is 11.7 Å². The van der Waals surface area contributed by atoms with Crippen LogP contribution in [0, 0.1) is 5.92 Å². The molecule has 0 aromatic rings. The Morgan fingerprint density at radius 2 is 2.42 bits per heavy atom. The number of cyclic esters (lactones) is 1. The van der Waals surface area contributed by atoms with Crippen LogP contribution in [-0.4, -0.2) is 23.8 Å². The van der Waals surface area contributed by atoms with Gasteiger partial charge in [0.15, 0.2) is 0 Å². The first kappa shape index (κ1) is 9.26. The number of carbonyl (C=O) groups is 1. The van der Waals surface area contributed by atoms with Crippen LogP contribution in [-0.2, 0) is 9.53 Å². The summed E-state index contributed by atoms with van der Waals surface area (Å²) in [7, 11) is 0. The van der Waals surface area contributed by atoms with Crippen LogP contribution in [0.1, 0.15) is 20.3 Å². The summed E-state index contributed by atoms with van der Waals surface area (Å²) in [5, 5.41) is 9.62. The van der Waals surface area contributed by atoms with E-state index in [0.29, 0.717) is 12.2 Å². The second-order valence-electron chi connectivity index (χ2n) is 3.09. The lowest BCUT2D eigenvalue weighted by Gasteiger charge is -2.15. The smallest absolute Gasteiger partial charge is 0.336 e. The molecule has 0 fully saturated rings. The summed E-state index contributed by atoms with van der Waals surface area (Å²) in [6.45, 7) is 4.20. The molecular formula is C9H14O3. The predicted molar refractivity (Wildman–Crippen MR) is 44.5 cm³/mol. The van der Waals surface area contributed by atoms with Crippen molar-refractivity contribution in [2.24, 2.45) is 5.92 Å². The summed E-state index contributed by atoms with van der Waals surface area (Å²) in [5.41, 5.74) is 0.421. The maximum atomic E-state index is 11.0. The van der Waals surface area contributed by atoms with Gasteiger partial charge in [0, 0.05) is 0 Å². The Labute approximate surface area is 72.0 Å². The van der Waals surface area contributed by atoms with Gasteiger partial charge in [0.1, 0.15) is 6.61 Å². The van der Waals surface area contributed by atoms with E-state index in [2.05, 4.69) is 4.74 Å². The predicted octanol–water partition coefficient (Wildman–Crippen LogP) is 0.877. The number of rotatable bonds is 3. The van der Waals surface area contributed by atoms with Crippen molar-refractivity contribution >= 4 is 5.97 Å². The third-order valence-corrected chi connectivity index (χ3v) is 2.25. The van der Waals surface area contributed by atoms with Crippen molar-refractivity contribution in [3.8, 4) is 0 Å². The summed E-state index contributed by atoms with van der Waals surface area (Å²) in [5.74, 6) is -0.260. The first-order chi connectivity index (χ1) is 5.66. The van der Waals surface area contributed by atoms with Crippen molar-refractivity contribution in [3.63, 3.8) is 0 Å². The standard InChI is InChI=1S/C9H14O3/c1-3-6(2)8(10)7-4-5-12-9(7)11/h4,6,8,10H,3,5H2,1-2H3. The molecule has 0 aromatic heterocycles. The van der Waals surface area contributed by atoms with E-state index in [-0.39, 0.29) is 11.9 Å². The zero-order valence-electron chi connectivity index (χ0n) is 7.41. The molecule has 12 heavy (non-hydrogen) atoms. The summed E-state index contributed by atoms with van der Waals surface area (Å²) < 4.78 is 4.69. The van der Waals surface area contributed by atoms with E-state index in [1.165, 1.54) is 0 Å². The molecule has 0 radical (unpaired) electrons. The highest BCUT2D eigenvalue weighted by atomic mass is 16.5. The van der Waals surface area contributed by atoms with Crippen molar-refractivity contribution < 1.29 is 14.6 Å². The summed E-state index contributed by atoms with van der Waals surface area (Å²) >= 11 is 0. The molecule has 1 N–H and O–H groups in total. The Balaban J connectivity index is 2.63. The fraction of sp³-hybridized carbons (Fsp3) is 0.667. The lowest BCUT2D eigenvalue weighted by molar-refractivity contribution is -0.137. The molecule has 1 aliphatic heterocycles. The largest absolute Gasteiger partial charge is 0.458 e. The average molecular weight is 170 g/mol. The van der Waals surface area contributed by atoms with E-state index in [1.54, 1.807) is 6.08 Å². The molecule has 0 amide bonds. The molecule has 1 rings (SSSR count). The van der Waals surface area contributed by atoms with Gasteiger partial charge in [0.25, 0.3) is 0 Å². The maximum Gasteiger partial charge on any atom is 0.336 e. The number of ether oxygens (including phenoxy) is 1. The molecule has 0 bridgehead atoms. The summed E-state index contributed by atoms with van der Waals surface area (Å²) in [6, 6.07) is 0. The van der Waals surface area contributed by atoms with Crippen molar-refractivity contribution in [2.75, 3.05) is 6.61 Å². The highest BCUT2D eigenvalue weighted by molar-refractivity contribution is 5.91. The Morgan fingerprint density at radius 3 is 2.83 bits per heavy atom. The molecule has 1 heterocycles. The van der Waals surface area contributed by atoms with Gasteiger partial charge in [-0.2, -0.15) is 0 Å². The van der Waals surface area contributed by atoms with E-state index in [0.717, 1.165) is 6.42 Å². The molecule has 2 atom stereocenters. The minimum Gasteiger partial charge on any atom is -0.458 e. The van der Waals surface area contributed by atoms with E-state index in [4.69, 9.17) is 0 Å². The average Bonchev–Trinajstić information content (AvgIpc) is 2.48. The van der Waals surface area contributed by atoms with E-state index >= 15 is 0 Å². The first-order valence-corrected chi connectivity index (χ1v) is 4.22. The maximum absolute atomic E-state index is 11.0. The van der Waals surface area contributed by atoms with E-state index in [9.17, 15) is 9.90 Å². The van der Waals surface area contributed by atoms with Gasteiger partial charge in [-0.3, -0.25) is 0 Å². The quantitative estimate of drug-likeness (QED) is 0.639. The van der Waals surface area contributed by atoms with Crippen molar-refractivity contribution in [1.82, 2.24) is 0 Å². The van der Waals surface area contributed by atoms with Crippen LogP contribution >= 0.6 is 0 Å². The molecule has 3 heteroatoms. The Hall–Kier alpha value is -0.830. The zero-order valence-corrected chi connectivity index (χ0v) is 7.41. The van der Waals surface area contributed by atoms with Crippen molar-refractivity contribution in [3.05, 3.63) is 11.6 Å². The van der Waals surface area contributed by atoms with Crippen LogP contribution in [0.5, 0.6) is 0 Å². The number of hydrogen-bond acceptors (Lipinski definition) is 3. The summed E-state index contributed by atoms with van der Waals surface area (Å²) in [6.07, 6.45) is 1.84. The van der Waals surface area contributed by atoms with E-state index in [1.807, 2.05) is 13.8 Å². The number of carbonyl (C=O) groups excluding carboxylic acids is 1. The van der Waals surface area contributed by atoms with Crippen LogP contribution in [0.2, 0.25) is 0 Å². The highest BCUT2D eigenvalue weighted by Gasteiger charge is 2.27. The lowest BCUT2D eigenvalue weighted by Crippen LogP contribution is -2.23. The molecular weight excluding hydrogens is 156 g/mol. The topological polar surface area (TPSA) is 46.5 Å². The minimum atomic E-state index is -0.662. The van der Waals surface area contributed by atoms with Crippen LogP contribution in [0.3, 0.4) is 0 Å².